The predicted molar refractivity (Wildman–Crippen MR) is 223 cm³/mol. The van der Waals surface area contributed by atoms with Crippen LogP contribution >= 0.6 is 11.3 Å². The minimum absolute atomic E-state index is 0.0153. The van der Waals surface area contributed by atoms with E-state index in [1.807, 2.05) is 30.2 Å². The van der Waals surface area contributed by atoms with Crippen LogP contribution in [0.5, 0.6) is 0 Å². The average molecular weight is 806 g/mol. The van der Waals surface area contributed by atoms with Crippen LogP contribution in [0.4, 0.5) is 27.0 Å². The average Bonchev–Trinajstić information content (AvgIpc) is 3.92. The predicted octanol–water partition coefficient (Wildman–Crippen LogP) is 8.86. The van der Waals surface area contributed by atoms with E-state index in [-0.39, 0.29) is 33.4 Å². The van der Waals surface area contributed by atoms with Gasteiger partial charge in [0.05, 0.1) is 28.6 Å². The number of nitrogens with zero attached hydrogens (tertiary/aromatic N) is 8. The highest BCUT2D eigenvalue weighted by atomic mass is 32.1. The Labute approximate surface area is 342 Å². The van der Waals surface area contributed by atoms with Gasteiger partial charge in [0, 0.05) is 47.6 Å². The summed E-state index contributed by atoms with van der Waals surface area (Å²) in [7, 11) is 0. The van der Waals surface area contributed by atoms with Crippen molar-refractivity contribution in [3.05, 3.63) is 64.9 Å². The van der Waals surface area contributed by atoms with E-state index in [4.69, 9.17) is 14.8 Å². The van der Waals surface area contributed by atoms with Crippen molar-refractivity contribution in [3.8, 4) is 11.1 Å². The molecule has 1 aromatic carbocycles. The maximum atomic E-state index is 14.4. The van der Waals surface area contributed by atoms with Gasteiger partial charge in [-0.15, -0.1) is 10.2 Å². The number of aromatic carboxylic acids is 1. The van der Waals surface area contributed by atoms with E-state index in [1.54, 1.807) is 12.1 Å². The molecule has 5 fully saturated rings. The number of fused-ring (bicyclic) bond motifs is 2. The van der Waals surface area contributed by atoms with Crippen LogP contribution in [-0.4, -0.2) is 84.3 Å². The lowest BCUT2D eigenvalue weighted by molar-refractivity contribution is -0.248. The van der Waals surface area contributed by atoms with Crippen LogP contribution < -0.4 is 10.2 Å². The van der Waals surface area contributed by atoms with Gasteiger partial charge < -0.3 is 25.0 Å². The van der Waals surface area contributed by atoms with Crippen molar-refractivity contribution in [2.75, 3.05) is 43.0 Å². The summed E-state index contributed by atoms with van der Waals surface area (Å²) in [6.07, 6.45) is 12.9. The molecule has 0 radical (unpaired) electrons. The Balaban J connectivity index is 0.905. The van der Waals surface area contributed by atoms with Gasteiger partial charge in [-0.1, -0.05) is 31.3 Å². The van der Waals surface area contributed by atoms with Crippen LogP contribution in [0.2, 0.25) is 0 Å². The maximum absolute atomic E-state index is 14.4. The van der Waals surface area contributed by atoms with Crippen molar-refractivity contribution in [2.45, 2.75) is 104 Å². The van der Waals surface area contributed by atoms with Crippen molar-refractivity contribution in [1.82, 2.24) is 34.8 Å². The molecule has 12 nitrogen and oxygen atoms in total. The number of carboxylic acids is 1. The van der Waals surface area contributed by atoms with Gasteiger partial charge in [0.15, 0.2) is 22.5 Å². The fourth-order valence-electron chi connectivity index (χ4n) is 12.7. The van der Waals surface area contributed by atoms with E-state index >= 15 is 0 Å². The number of aromatic nitrogens is 6. The molecular formula is C44H52FN9O3S. The fourth-order valence-corrected chi connectivity index (χ4v) is 13.6. The highest BCUT2D eigenvalue weighted by Crippen LogP contribution is 2.72. The standard InChI is InChI=1S/C44H52FN9O3S/c1-27-29-9-8-16-53(38(29)51-50-37(27)49-40-47-33-11-7-10-32(45)36(33)58-40)34-13-12-30(35(48-34)39(55)56)31-19-46-54(28(31)2)26-43-21-41(3)20-42(4,22-43)24-44(23-41,25-43)57-18-17-52-14-5-6-15-52/h7,10-13,19H,5-6,8-9,14-18,20-26H2,1-4H3,(H,55,56)(H,47,49,50). The molecule has 6 aliphatic rings. The number of hydrogen-bond acceptors (Lipinski definition) is 11. The van der Waals surface area contributed by atoms with Gasteiger partial charge in [-0.25, -0.2) is 19.2 Å². The maximum Gasteiger partial charge on any atom is 0.355 e. The number of carbonyl (C=O) groups is 1. The molecule has 4 aromatic heterocycles. The number of hydrogen-bond donors (Lipinski definition) is 2. The zero-order valence-corrected chi connectivity index (χ0v) is 34.7. The zero-order valence-electron chi connectivity index (χ0n) is 33.9. The molecule has 5 aromatic rings. The highest BCUT2D eigenvalue weighted by Gasteiger charge is 2.66. The number of thiazole rings is 1. The number of carboxylic acid groups (broad SMARTS) is 1. The normalized spacial score (nSPS) is 27.8. The first-order valence-corrected chi connectivity index (χ1v) is 21.7. The number of anilines is 4. The summed E-state index contributed by atoms with van der Waals surface area (Å²) in [6.45, 7) is 14.6. The molecule has 0 spiro atoms. The summed E-state index contributed by atoms with van der Waals surface area (Å²) >= 11 is 1.23. The third-order valence-corrected chi connectivity index (χ3v) is 14.9. The highest BCUT2D eigenvalue weighted by molar-refractivity contribution is 7.22. The van der Waals surface area contributed by atoms with Crippen LogP contribution in [0.3, 0.4) is 0 Å². The number of likely N-dealkylation sites (tertiary alicyclic amines) is 1. The third kappa shape index (κ3) is 6.55. The number of nitrogens with one attached hydrogen (secondary N) is 1. The molecule has 2 aliphatic heterocycles. The Morgan fingerprint density at radius 2 is 1.74 bits per heavy atom. The molecule has 1 saturated heterocycles. The van der Waals surface area contributed by atoms with Gasteiger partial charge in [-0.05, 0) is 132 Å². The number of pyridine rings is 1. The smallest absolute Gasteiger partial charge is 0.355 e. The summed E-state index contributed by atoms with van der Waals surface area (Å²) in [5, 5.41) is 28.5. The van der Waals surface area contributed by atoms with Crippen molar-refractivity contribution in [2.24, 2.45) is 16.2 Å². The molecule has 11 rings (SSSR count). The second-order valence-electron chi connectivity index (χ2n) is 18.9. The van der Waals surface area contributed by atoms with E-state index in [1.165, 1.54) is 49.8 Å². The monoisotopic (exact) mass is 805 g/mol. The molecule has 14 heteroatoms. The summed E-state index contributed by atoms with van der Waals surface area (Å²) in [5.74, 6) is 0.317. The lowest BCUT2D eigenvalue weighted by atomic mass is 9.39. The van der Waals surface area contributed by atoms with E-state index in [0.717, 1.165) is 87.0 Å². The first-order chi connectivity index (χ1) is 27.8. The van der Waals surface area contributed by atoms with E-state index in [2.05, 4.69) is 50.9 Å². The SMILES string of the molecule is Cc1c(Nc2nc3cccc(F)c3s2)nnc2c1CCCN2c1ccc(-c2cnn(CC34CC5(C)CC(C)(C3)CC(OCCN3CCCC3)(C5)C4)c2C)c(C(=O)O)n1. The second-order valence-corrected chi connectivity index (χ2v) is 19.9. The third-order valence-electron chi connectivity index (χ3n) is 13.9. The molecular weight excluding hydrogens is 754 g/mol. The van der Waals surface area contributed by atoms with E-state index in [9.17, 15) is 14.3 Å². The first-order valence-electron chi connectivity index (χ1n) is 20.9. The molecule has 4 bridgehead atoms. The fraction of sp³-hybridized carbons (Fsp3) is 0.545. The van der Waals surface area contributed by atoms with E-state index < -0.39 is 5.97 Å². The molecule has 2 N–H and O–H groups in total. The number of ether oxygens (including phenoxy) is 1. The van der Waals surface area contributed by atoms with Gasteiger partial charge in [-0.2, -0.15) is 5.10 Å². The quantitative estimate of drug-likeness (QED) is 0.133. The summed E-state index contributed by atoms with van der Waals surface area (Å²) in [4.78, 5) is 26.8. The molecule has 4 saturated carbocycles. The topological polar surface area (TPSA) is 134 Å². The number of halogens is 1. The molecule has 304 valence electrons. The number of benzene rings is 1. The zero-order chi connectivity index (χ0) is 40.0. The Morgan fingerprint density at radius 1 is 0.948 bits per heavy atom. The summed E-state index contributed by atoms with van der Waals surface area (Å²) in [6, 6.07) is 8.61. The van der Waals surface area contributed by atoms with Crippen molar-refractivity contribution in [1.29, 1.82) is 0 Å². The molecule has 58 heavy (non-hydrogen) atoms. The largest absolute Gasteiger partial charge is 0.476 e. The Hall–Kier alpha value is -4.53. The van der Waals surface area contributed by atoms with Crippen LogP contribution in [0.25, 0.3) is 21.3 Å². The van der Waals surface area contributed by atoms with Gasteiger partial charge in [-0.3, -0.25) is 4.68 Å². The molecule has 2 atom stereocenters. The minimum Gasteiger partial charge on any atom is -0.476 e. The van der Waals surface area contributed by atoms with Crippen LogP contribution in [0.1, 0.15) is 98.9 Å². The Kier molecular flexibility index (Phi) is 8.96. The van der Waals surface area contributed by atoms with Crippen LogP contribution in [-0.2, 0) is 17.7 Å². The Bertz CT molecular complexity index is 2420. The lowest BCUT2D eigenvalue weighted by Crippen LogP contribution is -2.64. The van der Waals surface area contributed by atoms with Crippen LogP contribution in [0, 0.1) is 35.9 Å². The first kappa shape index (κ1) is 37.7. The van der Waals surface area contributed by atoms with Gasteiger partial charge in [0.2, 0.25) is 0 Å². The summed E-state index contributed by atoms with van der Waals surface area (Å²) in [5.41, 5.74) is 5.23. The molecule has 4 aliphatic carbocycles. The van der Waals surface area contributed by atoms with Gasteiger partial charge in [0.1, 0.15) is 11.6 Å². The van der Waals surface area contributed by atoms with Crippen LogP contribution in [0.15, 0.2) is 36.5 Å². The molecule has 2 unspecified atom stereocenters. The van der Waals surface area contributed by atoms with E-state index in [0.29, 0.717) is 44.9 Å². The van der Waals surface area contributed by atoms with Gasteiger partial charge in [0.25, 0.3) is 0 Å². The number of rotatable bonds is 11. The minimum atomic E-state index is -1.09. The van der Waals surface area contributed by atoms with Crippen molar-refractivity contribution in [3.63, 3.8) is 0 Å². The van der Waals surface area contributed by atoms with Crippen molar-refractivity contribution < 1.29 is 19.0 Å². The summed E-state index contributed by atoms with van der Waals surface area (Å²) < 4.78 is 24.0. The van der Waals surface area contributed by atoms with Crippen molar-refractivity contribution >= 4 is 50.1 Å². The molecule has 0 amide bonds. The second kappa shape index (κ2) is 13.8. The lowest BCUT2D eigenvalue weighted by Gasteiger charge is -2.69. The Morgan fingerprint density at radius 3 is 2.50 bits per heavy atom. The van der Waals surface area contributed by atoms with Gasteiger partial charge >= 0.3 is 5.97 Å². The molecule has 6 heterocycles.